The zero-order valence-electron chi connectivity index (χ0n) is 9.66. The number of rotatable bonds is 4. The molecule has 3 nitrogen and oxygen atoms in total. The zero-order valence-corrected chi connectivity index (χ0v) is 10.5. The van der Waals surface area contributed by atoms with E-state index < -0.39 is 0 Å². The summed E-state index contributed by atoms with van der Waals surface area (Å²) in [6.07, 6.45) is 2.11. The molecule has 0 bridgehead atoms. The molecule has 1 fully saturated rings. The number of halogens is 1. The van der Waals surface area contributed by atoms with Crippen LogP contribution in [-0.4, -0.2) is 19.3 Å². The van der Waals surface area contributed by atoms with E-state index in [2.05, 4.69) is 0 Å². The van der Waals surface area contributed by atoms with Gasteiger partial charge in [0.2, 0.25) is 0 Å². The smallest absolute Gasteiger partial charge is 0.161 e. The van der Waals surface area contributed by atoms with E-state index in [0.717, 1.165) is 29.9 Å². The first-order valence-corrected chi connectivity index (χ1v) is 5.19. The number of hydrogen-bond acceptors (Lipinski definition) is 3. The van der Waals surface area contributed by atoms with Crippen LogP contribution in [0.3, 0.4) is 0 Å². The molecule has 90 valence electrons. The second-order valence-corrected chi connectivity index (χ2v) is 4.31. The second kappa shape index (κ2) is 4.93. The van der Waals surface area contributed by atoms with Gasteiger partial charge in [-0.05, 0) is 37.5 Å². The number of nitrogens with two attached hydrogens (primary N) is 1. The van der Waals surface area contributed by atoms with Crippen LogP contribution in [0.4, 0.5) is 0 Å². The van der Waals surface area contributed by atoms with Crippen molar-refractivity contribution in [3.8, 4) is 11.5 Å². The van der Waals surface area contributed by atoms with Gasteiger partial charge in [0.25, 0.3) is 0 Å². The van der Waals surface area contributed by atoms with Crippen molar-refractivity contribution in [2.24, 2.45) is 5.73 Å². The summed E-state index contributed by atoms with van der Waals surface area (Å²) < 4.78 is 10.9. The van der Waals surface area contributed by atoms with Crippen molar-refractivity contribution in [3.05, 3.63) is 23.8 Å². The largest absolute Gasteiger partial charge is 0.493 e. The number of hydrogen-bond donors (Lipinski definition) is 1. The van der Waals surface area contributed by atoms with E-state index in [1.54, 1.807) is 7.11 Å². The third-order valence-electron chi connectivity index (χ3n) is 2.73. The van der Waals surface area contributed by atoms with Gasteiger partial charge in [0.05, 0.1) is 12.6 Å². The molecule has 0 aliphatic heterocycles. The zero-order chi connectivity index (χ0) is 10.9. The van der Waals surface area contributed by atoms with Gasteiger partial charge in [0, 0.05) is 0 Å². The van der Waals surface area contributed by atoms with Crippen LogP contribution in [-0.2, 0) is 0 Å². The lowest BCUT2D eigenvalue weighted by molar-refractivity contribution is 0.264. The summed E-state index contributed by atoms with van der Waals surface area (Å²) in [5, 5.41) is 0. The monoisotopic (exact) mass is 243 g/mol. The highest BCUT2D eigenvalue weighted by molar-refractivity contribution is 5.85. The van der Waals surface area contributed by atoms with Crippen molar-refractivity contribution in [2.45, 2.75) is 25.3 Å². The molecule has 1 aromatic rings. The fraction of sp³-hybridized carbons (Fsp3) is 0.500. The van der Waals surface area contributed by atoms with Crippen LogP contribution in [0.15, 0.2) is 18.2 Å². The molecule has 0 atom stereocenters. The fourth-order valence-electron chi connectivity index (χ4n) is 1.42. The number of ether oxygens (including phenoxy) is 2. The topological polar surface area (TPSA) is 44.5 Å². The Bertz CT molecular complexity index is 364. The third kappa shape index (κ3) is 3.03. The first kappa shape index (κ1) is 13.1. The van der Waals surface area contributed by atoms with Crippen molar-refractivity contribution in [1.82, 2.24) is 0 Å². The number of benzene rings is 1. The highest BCUT2D eigenvalue weighted by atomic mass is 35.5. The van der Waals surface area contributed by atoms with Gasteiger partial charge in [0.1, 0.15) is 6.61 Å². The standard InChI is InChI=1S/C12H17NO2.ClH/c1-9-3-4-10(14-2)11(7-9)15-8-12(13)5-6-12;/h3-4,7H,5-6,8,13H2,1-2H3;1H. The highest BCUT2D eigenvalue weighted by Gasteiger charge is 2.39. The van der Waals surface area contributed by atoms with Gasteiger partial charge in [-0.1, -0.05) is 6.07 Å². The van der Waals surface area contributed by atoms with Crippen LogP contribution < -0.4 is 15.2 Å². The van der Waals surface area contributed by atoms with Crippen molar-refractivity contribution < 1.29 is 9.47 Å². The molecular formula is C12H18ClNO2. The molecule has 2 rings (SSSR count). The van der Waals surface area contributed by atoms with Gasteiger partial charge >= 0.3 is 0 Å². The molecule has 0 heterocycles. The van der Waals surface area contributed by atoms with E-state index in [-0.39, 0.29) is 17.9 Å². The number of aryl methyl sites for hydroxylation is 1. The van der Waals surface area contributed by atoms with Crippen LogP contribution in [0.1, 0.15) is 18.4 Å². The molecule has 0 unspecified atom stereocenters. The van der Waals surface area contributed by atoms with Crippen LogP contribution in [0, 0.1) is 6.92 Å². The molecule has 1 saturated carbocycles. The third-order valence-corrected chi connectivity index (χ3v) is 2.73. The Kier molecular flexibility index (Phi) is 4.05. The predicted molar refractivity (Wildman–Crippen MR) is 66.6 cm³/mol. The Morgan fingerprint density at radius 3 is 2.56 bits per heavy atom. The van der Waals surface area contributed by atoms with E-state index in [1.807, 2.05) is 25.1 Å². The van der Waals surface area contributed by atoms with Crippen molar-refractivity contribution in [2.75, 3.05) is 13.7 Å². The average Bonchev–Trinajstić information content (AvgIpc) is 2.95. The Morgan fingerprint density at radius 2 is 2.00 bits per heavy atom. The maximum absolute atomic E-state index is 5.96. The van der Waals surface area contributed by atoms with Crippen LogP contribution >= 0.6 is 12.4 Å². The molecular weight excluding hydrogens is 226 g/mol. The van der Waals surface area contributed by atoms with E-state index in [9.17, 15) is 0 Å². The lowest BCUT2D eigenvalue weighted by Gasteiger charge is -2.14. The summed E-state index contributed by atoms with van der Waals surface area (Å²) in [4.78, 5) is 0. The molecule has 0 aromatic heterocycles. The highest BCUT2D eigenvalue weighted by Crippen LogP contribution is 2.35. The maximum Gasteiger partial charge on any atom is 0.161 e. The summed E-state index contributed by atoms with van der Waals surface area (Å²) in [5.74, 6) is 1.55. The summed E-state index contributed by atoms with van der Waals surface area (Å²) in [6.45, 7) is 2.61. The number of methoxy groups -OCH3 is 1. The maximum atomic E-state index is 5.96. The van der Waals surface area contributed by atoms with Crippen molar-refractivity contribution >= 4 is 12.4 Å². The molecule has 0 spiro atoms. The molecule has 1 aliphatic carbocycles. The van der Waals surface area contributed by atoms with Gasteiger partial charge in [-0.2, -0.15) is 0 Å². The lowest BCUT2D eigenvalue weighted by Crippen LogP contribution is -2.29. The normalized spacial score (nSPS) is 16.2. The van der Waals surface area contributed by atoms with E-state index in [0.29, 0.717) is 6.61 Å². The average molecular weight is 244 g/mol. The van der Waals surface area contributed by atoms with Gasteiger partial charge in [0.15, 0.2) is 11.5 Å². The van der Waals surface area contributed by atoms with Gasteiger partial charge < -0.3 is 15.2 Å². The van der Waals surface area contributed by atoms with Crippen LogP contribution in [0.25, 0.3) is 0 Å². The quantitative estimate of drug-likeness (QED) is 0.883. The van der Waals surface area contributed by atoms with E-state index in [4.69, 9.17) is 15.2 Å². The predicted octanol–water partition coefficient (Wildman–Crippen LogP) is 2.30. The van der Waals surface area contributed by atoms with Crippen LogP contribution in [0.2, 0.25) is 0 Å². The molecule has 0 saturated heterocycles. The van der Waals surface area contributed by atoms with E-state index in [1.165, 1.54) is 0 Å². The summed E-state index contributed by atoms with van der Waals surface area (Å²) in [6, 6.07) is 5.90. The van der Waals surface area contributed by atoms with Crippen LogP contribution in [0.5, 0.6) is 11.5 Å². The first-order chi connectivity index (χ1) is 7.13. The molecule has 0 amide bonds. The molecule has 0 radical (unpaired) electrons. The fourth-order valence-corrected chi connectivity index (χ4v) is 1.42. The Hall–Kier alpha value is -0.930. The molecule has 16 heavy (non-hydrogen) atoms. The van der Waals surface area contributed by atoms with E-state index >= 15 is 0 Å². The van der Waals surface area contributed by atoms with Gasteiger partial charge in [-0.25, -0.2) is 0 Å². The SMILES string of the molecule is COc1ccc(C)cc1OCC1(N)CC1.Cl. The molecule has 1 aromatic carbocycles. The Labute approximate surface area is 102 Å². The van der Waals surface area contributed by atoms with Gasteiger partial charge in [-0.15, -0.1) is 12.4 Å². The molecule has 4 heteroatoms. The minimum absolute atomic E-state index is 0. The minimum Gasteiger partial charge on any atom is -0.493 e. The van der Waals surface area contributed by atoms with Crippen molar-refractivity contribution in [1.29, 1.82) is 0 Å². The summed E-state index contributed by atoms with van der Waals surface area (Å²) in [5.41, 5.74) is 7.03. The minimum atomic E-state index is -0.0885. The summed E-state index contributed by atoms with van der Waals surface area (Å²) >= 11 is 0. The summed E-state index contributed by atoms with van der Waals surface area (Å²) in [7, 11) is 1.65. The Morgan fingerprint density at radius 1 is 1.31 bits per heavy atom. The molecule has 1 aliphatic rings. The Balaban J connectivity index is 0.00000128. The molecule has 2 N–H and O–H groups in total. The van der Waals surface area contributed by atoms with Crippen molar-refractivity contribution in [3.63, 3.8) is 0 Å². The van der Waals surface area contributed by atoms with Gasteiger partial charge in [-0.3, -0.25) is 0 Å². The lowest BCUT2D eigenvalue weighted by atomic mass is 10.2. The second-order valence-electron chi connectivity index (χ2n) is 4.31. The first-order valence-electron chi connectivity index (χ1n) is 5.19.